The molecule has 1 saturated heterocycles. The molecule has 1 aromatic carbocycles. The zero-order valence-electron chi connectivity index (χ0n) is 13.3. The minimum absolute atomic E-state index is 0.000668. The molecule has 5 nitrogen and oxygen atoms in total. The van der Waals surface area contributed by atoms with E-state index in [4.69, 9.17) is 5.73 Å². The van der Waals surface area contributed by atoms with E-state index in [2.05, 4.69) is 5.32 Å². The minimum atomic E-state index is 0.000668. The lowest BCUT2D eigenvalue weighted by Gasteiger charge is -2.32. The van der Waals surface area contributed by atoms with E-state index in [1.165, 1.54) is 0 Å². The van der Waals surface area contributed by atoms with Crippen LogP contribution in [-0.2, 0) is 11.3 Å². The topological polar surface area (TPSA) is 75.4 Å². The molecule has 2 rings (SSSR count). The lowest BCUT2D eigenvalue weighted by Crippen LogP contribution is -2.47. The molecule has 1 aromatic rings. The molecule has 3 N–H and O–H groups in total. The summed E-state index contributed by atoms with van der Waals surface area (Å²) in [5.74, 6) is 0.139. The number of carbonyl (C=O) groups excluding carboxylic acids is 2. The predicted molar refractivity (Wildman–Crippen MR) is 86.2 cm³/mol. The molecule has 0 aliphatic carbocycles. The van der Waals surface area contributed by atoms with Gasteiger partial charge in [-0.1, -0.05) is 26.0 Å². The van der Waals surface area contributed by atoms with Crippen molar-refractivity contribution in [3.63, 3.8) is 0 Å². The monoisotopic (exact) mass is 303 g/mol. The first-order chi connectivity index (χ1) is 10.5. The molecule has 1 heterocycles. The van der Waals surface area contributed by atoms with Crippen molar-refractivity contribution >= 4 is 11.8 Å². The van der Waals surface area contributed by atoms with Crippen LogP contribution in [0.4, 0.5) is 0 Å². The number of likely N-dealkylation sites (tertiary alicyclic amines) is 1. The standard InChI is InChI=1S/C17H25N3O2/c1-12(2)16(21)19-15-7-9-20(10-8-15)17(22)14-5-3-13(11-18)4-6-14/h3-6,12,15H,7-11,18H2,1-2H3,(H,19,21). The summed E-state index contributed by atoms with van der Waals surface area (Å²) in [6.07, 6.45) is 1.62. The summed E-state index contributed by atoms with van der Waals surface area (Å²) in [4.78, 5) is 26.0. The number of benzene rings is 1. The molecule has 0 spiro atoms. The maximum atomic E-state index is 12.4. The van der Waals surface area contributed by atoms with Crippen LogP contribution < -0.4 is 11.1 Å². The van der Waals surface area contributed by atoms with Gasteiger partial charge in [0.25, 0.3) is 5.91 Å². The van der Waals surface area contributed by atoms with Gasteiger partial charge in [0.15, 0.2) is 0 Å². The highest BCUT2D eigenvalue weighted by molar-refractivity contribution is 5.94. The number of piperidine rings is 1. The van der Waals surface area contributed by atoms with Gasteiger partial charge in [-0.3, -0.25) is 9.59 Å². The number of amides is 2. The second-order valence-electron chi connectivity index (χ2n) is 6.13. The molecular formula is C17H25N3O2. The van der Waals surface area contributed by atoms with E-state index in [0.29, 0.717) is 25.2 Å². The van der Waals surface area contributed by atoms with Crippen molar-refractivity contribution in [3.8, 4) is 0 Å². The van der Waals surface area contributed by atoms with Gasteiger partial charge in [0.05, 0.1) is 0 Å². The van der Waals surface area contributed by atoms with Crippen molar-refractivity contribution < 1.29 is 9.59 Å². The summed E-state index contributed by atoms with van der Waals surface area (Å²) in [6.45, 7) is 5.62. The second kappa shape index (κ2) is 7.40. The zero-order valence-corrected chi connectivity index (χ0v) is 13.3. The number of carbonyl (C=O) groups is 2. The molecule has 22 heavy (non-hydrogen) atoms. The van der Waals surface area contributed by atoms with Gasteiger partial charge in [0.2, 0.25) is 5.91 Å². The number of nitrogens with zero attached hydrogens (tertiary/aromatic N) is 1. The summed E-state index contributed by atoms with van der Waals surface area (Å²) >= 11 is 0. The molecular weight excluding hydrogens is 278 g/mol. The third kappa shape index (κ3) is 4.07. The zero-order chi connectivity index (χ0) is 16.1. The normalized spacial score (nSPS) is 15.9. The van der Waals surface area contributed by atoms with E-state index in [-0.39, 0.29) is 23.8 Å². The van der Waals surface area contributed by atoms with Crippen LogP contribution in [-0.4, -0.2) is 35.8 Å². The first-order valence-electron chi connectivity index (χ1n) is 7.90. The Morgan fingerprint density at radius 3 is 2.32 bits per heavy atom. The highest BCUT2D eigenvalue weighted by Crippen LogP contribution is 2.15. The van der Waals surface area contributed by atoms with Crippen molar-refractivity contribution in [2.24, 2.45) is 11.7 Å². The molecule has 0 atom stereocenters. The Labute approximate surface area is 131 Å². The van der Waals surface area contributed by atoms with Crippen molar-refractivity contribution in [1.82, 2.24) is 10.2 Å². The van der Waals surface area contributed by atoms with Crippen molar-refractivity contribution in [2.75, 3.05) is 13.1 Å². The molecule has 5 heteroatoms. The Kier molecular flexibility index (Phi) is 5.55. The molecule has 0 bridgehead atoms. The van der Waals surface area contributed by atoms with E-state index in [1.807, 2.05) is 43.0 Å². The SMILES string of the molecule is CC(C)C(=O)NC1CCN(C(=O)c2ccc(CN)cc2)CC1. The number of nitrogens with one attached hydrogen (secondary N) is 1. The average Bonchev–Trinajstić information content (AvgIpc) is 2.55. The molecule has 0 unspecified atom stereocenters. The van der Waals surface area contributed by atoms with Crippen molar-refractivity contribution in [1.29, 1.82) is 0 Å². The Hall–Kier alpha value is -1.88. The van der Waals surface area contributed by atoms with E-state index < -0.39 is 0 Å². The third-order valence-corrected chi connectivity index (χ3v) is 4.09. The van der Waals surface area contributed by atoms with Crippen LogP contribution in [0, 0.1) is 5.92 Å². The number of hydrogen-bond donors (Lipinski definition) is 2. The number of rotatable bonds is 4. The summed E-state index contributed by atoms with van der Waals surface area (Å²) in [6, 6.07) is 7.62. The van der Waals surface area contributed by atoms with Gasteiger partial charge in [-0.05, 0) is 30.5 Å². The molecule has 0 saturated carbocycles. The van der Waals surface area contributed by atoms with Crippen molar-refractivity contribution in [2.45, 2.75) is 39.3 Å². The van der Waals surface area contributed by atoms with E-state index in [9.17, 15) is 9.59 Å². The van der Waals surface area contributed by atoms with Gasteiger partial charge < -0.3 is 16.0 Å². The fourth-order valence-corrected chi connectivity index (χ4v) is 2.56. The van der Waals surface area contributed by atoms with Crippen LogP contribution in [0.5, 0.6) is 0 Å². The molecule has 0 aromatic heterocycles. The summed E-state index contributed by atoms with van der Waals surface area (Å²) in [7, 11) is 0. The summed E-state index contributed by atoms with van der Waals surface area (Å²) < 4.78 is 0. The van der Waals surface area contributed by atoms with Crippen LogP contribution in [0.15, 0.2) is 24.3 Å². The first kappa shape index (κ1) is 16.5. The maximum absolute atomic E-state index is 12.4. The Morgan fingerprint density at radius 1 is 1.23 bits per heavy atom. The van der Waals surface area contributed by atoms with Gasteiger partial charge >= 0.3 is 0 Å². The van der Waals surface area contributed by atoms with Crippen LogP contribution in [0.2, 0.25) is 0 Å². The molecule has 0 radical (unpaired) electrons. The van der Waals surface area contributed by atoms with Gasteiger partial charge in [0.1, 0.15) is 0 Å². The highest BCUT2D eigenvalue weighted by Gasteiger charge is 2.25. The third-order valence-electron chi connectivity index (χ3n) is 4.09. The molecule has 1 aliphatic heterocycles. The first-order valence-corrected chi connectivity index (χ1v) is 7.90. The van der Waals surface area contributed by atoms with Crippen LogP contribution in [0.1, 0.15) is 42.6 Å². The van der Waals surface area contributed by atoms with E-state index >= 15 is 0 Å². The summed E-state index contributed by atoms with van der Waals surface area (Å²) in [5.41, 5.74) is 7.28. The van der Waals surface area contributed by atoms with Crippen LogP contribution in [0.3, 0.4) is 0 Å². The Bertz CT molecular complexity index is 517. The lowest BCUT2D eigenvalue weighted by molar-refractivity contribution is -0.124. The quantitative estimate of drug-likeness (QED) is 0.885. The smallest absolute Gasteiger partial charge is 0.253 e. The van der Waals surface area contributed by atoms with Gasteiger partial charge in [-0.2, -0.15) is 0 Å². The summed E-state index contributed by atoms with van der Waals surface area (Å²) in [5, 5.41) is 3.04. The number of hydrogen-bond acceptors (Lipinski definition) is 3. The van der Waals surface area contributed by atoms with E-state index in [0.717, 1.165) is 18.4 Å². The van der Waals surface area contributed by atoms with Gasteiger partial charge in [0, 0.05) is 37.2 Å². The lowest BCUT2D eigenvalue weighted by atomic mass is 10.0. The van der Waals surface area contributed by atoms with Crippen molar-refractivity contribution in [3.05, 3.63) is 35.4 Å². The Balaban J connectivity index is 1.87. The van der Waals surface area contributed by atoms with E-state index in [1.54, 1.807) is 0 Å². The van der Waals surface area contributed by atoms with Crippen LogP contribution >= 0.6 is 0 Å². The predicted octanol–water partition coefficient (Wildman–Crippen LogP) is 1.52. The average molecular weight is 303 g/mol. The van der Waals surface area contributed by atoms with Gasteiger partial charge in [-0.15, -0.1) is 0 Å². The Morgan fingerprint density at radius 2 is 1.82 bits per heavy atom. The second-order valence-corrected chi connectivity index (χ2v) is 6.13. The fourth-order valence-electron chi connectivity index (χ4n) is 2.56. The van der Waals surface area contributed by atoms with Gasteiger partial charge in [-0.25, -0.2) is 0 Å². The minimum Gasteiger partial charge on any atom is -0.353 e. The molecule has 1 fully saturated rings. The molecule has 120 valence electrons. The molecule has 1 aliphatic rings. The maximum Gasteiger partial charge on any atom is 0.253 e. The molecule has 2 amide bonds. The fraction of sp³-hybridized carbons (Fsp3) is 0.529. The number of nitrogens with two attached hydrogens (primary N) is 1. The highest BCUT2D eigenvalue weighted by atomic mass is 16.2. The largest absolute Gasteiger partial charge is 0.353 e. The van der Waals surface area contributed by atoms with Crippen LogP contribution in [0.25, 0.3) is 0 Å².